The Hall–Kier alpha value is -1.27. The highest BCUT2D eigenvalue weighted by molar-refractivity contribution is 7.11. The van der Waals surface area contributed by atoms with Gasteiger partial charge >= 0.3 is 0 Å². The van der Waals surface area contributed by atoms with Gasteiger partial charge in [0.25, 0.3) is 0 Å². The first kappa shape index (κ1) is 12.2. The molecule has 2 rings (SSSR count). The van der Waals surface area contributed by atoms with Gasteiger partial charge < -0.3 is 5.32 Å². The zero-order valence-electron chi connectivity index (χ0n) is 9.90. The summed E-state index contributed by atoms with van der Waals surface area (Å²) in [6.45, 7) is 2.65. The number of nitrogens with one attached hydrogen (secondary N) is 1. The van der Waals surface area contributed by atoms with Crippen molar-refractivity contribution in [2.45, 2.75) is 32.4 Å². The van der Waals surface area contributed by atoms with Gasteiger partial charge in [0.1, 0.15) is 0 Å². The van der Waals surface area contributed by atoms with Crippen LogP contribution in [-0.2, 0) is 22.6 Å². The van der Waals surface area contributed by atoms with Crippen LogP contribution in [0.3, 0.4) is 0 Å². The summed E-state index contributed by atoms with van der Waals surface area (Å²) in [6, 6.07) is -0.375. The van der Waals surface area contributed by atoms with E-state index in [0.717, 1.165) is 16.3 Å². The van der Waals surface area contributed by atoms with Gasteiger partial charge in [-0.2, -0.15) is 0 Å². The fraction of sp³-hybridized carbons (Fsp3) is 0.545. The lowest BCUT2D eigenvalue weighted by Crippen LogP contribution is -2.36. The van der Waals surface area contributed by atoms with Crippen molar-refractivity contribution in [3.05, 3.63) is 16.1 Å². The van der Waals surface area contributed by atoms with Crippen LogP contribution in [0.5, 0.6) is 0 Å². The number of amides is 2. The average Bonchev–Trinajstić information content (AvgIpc) is 2.88. The molecule has 1 N–H and O–H groups in total. The van der Waals surface area contributed by atoms with E-state index in [1.807, 2.05) is 6.20 Å². The third kappa shape index (κ3) is 2.53. The molecule has 1 aromatic rings. The summed E-state index contributed by atoms with van der Waals surface area (Å²) in [5, 5.41) is 4.19. The molecule has 6 heteroatoms. The molecular weight excluding hydrogens is 238 g/mol. The van der Waals surface area contributed by atoms with Gasteiger partial charge in [0.05, 0.1) is 17.5 Å². The molecule has 0 spiro atoms. The minimum absolute atomic E-state index is 0.119. The molecule has 2 amide bonds. The summed E-state index contributed by atoms with van der Waals surface area (Å²) in [7, 11) is 1.52. The zero-order chi connectivity index (χ0) is 12.4. The second-order valence-corrected chi connectivity index (χ2v) is 5.20. The summed E-state index contributed by atoms with van der Waals surface area (Å²) in [4.78, 5) is 29.5. The first-order valence-electron chi connectivity index (χ1n) is 5.59. The molecule has 1 aromatic heterocycles. The van der Waals surface area contributed by atoms with E-state index in [1.54, 1.807) is 11.3 Å². The number of likely N-dealkylation sites (tertiary alicyclic amines) is 1. The normalized spacial score (nSPS) is 20.4. The van der Waals surface area contributed by atoms with Crippen LogP contribution >= 0.6 is 11.3 Å². The smallest absolute Gasteiger partial charge is 0.246 e. The van der Waals surface area contributed by atoms with E-state index in [2.05, 4.69) is 17.2 Å². The van der Waals surface area contributed by atoms with Crippen LogP contribution in [0.2, 0.25) is 0 Å². The number of imide groups is 1. The van der Waals surface area contributed by atoms with Crippen molar-refractivity contribution in [2.75, 3.05) is 7.05 Å². The number of carbonyl (C=O) groups is 2. The molecule has 17 heavy (non-hydrogen) atoms. The van der Waals surface area contributed by atoms with E-state index < -0.39 is 0 Å². The van der Waals surface area contributed by atoms with E-state index in [-0.39, 0.29) is 24.3 Å². The first-order valence-corrected chi connectivity index (χ1v) is 6.40. The summed E-state index contributed by atoms with van der Waals surface area (Å²) in [6.07, 6.45) is 3.00. The quantitative estimate of drug-likeness (QED) is 0.796. The highest BCUT2D eigenvalue weighted by Crippen LogP contribution is 2.15. The molecule has 1 saturated heterocycles. The maximum Gasteiger partial charge on any atom is 0.246 e. The molecule has 2 heterocycles. The van der Waals surface area contributed by atoms with Gasteiger partial charge in [0.2, 0.25) is 11.8 Å². The van der Waals surface area contributed by atoms with Crippen molar-refractivity contribution in [2.24, 2.45) is 0 Å². The summed E-state index contributed by atoms with van der Waals surface area (Å²) in [5.74, 6) is -0.263. The SMILES string of the molecule is CCc1ncc(CNC2CC(=O)N(C)C2=O)s1. The first-order chi connectivity index (χ1) is 8.11. The Morgan fingerprint density at radius 3 is 2.88 bits per heavy atom. The van der Waals surface area contributed by atoms with Crippen molar-refractivity contribution < 1.29 is 9.59 Å². The Kier molecular flexibility index (Phi) is 3.54. The Morgan fingerprint density at radius 1 is 1.59 bits per heavy atom. The molecular formula is C11H15N3O2S. The van der Waals surface area contributed by atoms with Gasteiger partial charge in [-0.25, -0.2) is 4.98 Å². The Morgan fingerprint density at radius 2 is 2.35 bits per heavy atom. The largest absolute Gasteiger partial charge is 0.300 e. The van der Waals surface area contributed by atoms with Crippen molar-refractivity contribution in [3.63, 3.8) is 0 Å². The second kappa shape index (κ2) is 4.93. The molecule has 0 radical (unpaired) electrons. The number of likely N-dealkylation sites (N-methyl/N-ethyl adjacent to an activating group) is 1. The molecule has 0 bridgehead atoms. The molecule has 1 atom stereocenters. The fourth-order valence-electron chi connectivity index (χ4n) is 1.73. The van der Waals surface area contributed by atoms with E-state index >= 15 is 0 Å². The van der Waals surface area contributed by atoms with E-state index in [4.69, 9.17) is 0 Å². The third-order valence-electron chi connectivity index (χ3n) is 2.81. The number of carbonyl (C=O) groups excluding carboxylic acids is 2. The zero-order valence-corrected chi connectivity index (χ0v) is 10.7. The number of nitrogens with zero attached hydrogens (tertiary/aromatic N) is 2. The molecule has 92 valence electrons. The second-order valence-electron chi connectivity index (χ2n) is 4.00. The van der Waals surface area contributed by atoms with Crippen molar-refractivity contribution >= 4 is 23.2 Å². The minimum atomic E-state index is -0.375. The van der Waals surface area contributed by atoms with E-state index in [9.17, 15) is 9.59 Å². The summed E-state index contributed by atoms with van der Waals surface area (Å²) < 4.78 is 0. The predicted octanol–water partition coefficient (Wildman–Crippen LogP) is 0.552. The van der Waals surface area contributed by atoms with Crippen molar-refractivity contribution in [1.29, 1.82) is 0 Å². The molecule has 5 nitrogen and oxygen atoms in total. The fourth-order valence-corrected chi connectivity index (χ4v) is 2.55. The molecule has 1 aliphatic heterocycles. The summed E-state index contributed by atoms with van der Waals surface area (Å²) >= 11 is 1.64. The molecule has 0 saturated carbocycles. The van der Waals surface area contributed by atoms with Crippen LogP contribution in [0.4, 0.5) is 0 Å². The summed E-state index contributed by atoms with van der Waals surface area (Å²) in [5.41, 5.74) is 0. The van der Waals surface area contributed by atoms with Crippen LogP contribution in [0.25, 0.3) is 0 Å². The van der Waals surface area contributed by atoms with Gasteiger partial charge in [-0.15, -0.1) is 11.3 Å². The molecule has 0 aliphatic carbocycles. The molecule has 1 aliphatic rings. The minimum Gasteiger partial charge on any atom is -0.300 e. The number of hydrogen-bond acceptors (Lipinski definition) is 5. The standard InChI is InChI=1S/C11H15N3O2S/c1-3-9-13-6-7(17-9)5-12-8-4-10(15)14(2)11(8)16/h6,8,12H,3-5H2,1-2H3. The Labute approximate surface area is 104 Å². The Bertz CT molecular complexity index is 444. The van der Waals surface area contributed by atoms with Gasteiger partial charge in [-0.1, -0.05) is 6.92 Å². The lowest BCUT2D eigenvalue weighted by Gasteiger charge is -2.09. The monoisotopic (exact) mass is 253 g/mol. The van der Waals surface area contributed by atoms with Crippen LogP contribution in [-0.4, -0.2) is 34.8 Å². The average molecular weight is 253 g/mol. The highest BCUT2D eigenvalue weighted by Gasteiger charge is 2.35. The Balaban J connectivity index is 1.90. The number of thiazole rings is 1. The van der Waals surface area contributed by atoms with Crippen LogP contribution in [0.1, 0.15) is 23.2 Å². The van der Waals surface area contributed by atoms with Crippen molar-refractivity contribution in [3.8, 4) is 0 Å². The predicted molar refractivity (Wildman–Crippen MR) is 64.5 cm³/mol. The van der Waals surface area contributed by atoms with Crippen LogP contribution < -0.4 is 5.32 Å². The maximum absolute atomic E-state index is 11.6. The lowest BCUT2D eigenvalue weighted by atomic mass is 10.2. The maximum atomic E-state index is 11.6. The van der Waals surface area contributed by atoms with Gasteiger partial charge in [0.15, 0.2) is 0 Å². The number of aryl methyl sites for hydroxylation is 1. The van der Waals surface area contributed by atoms with Gasteiger partial charge in [-0.3, -0.25) is 14.5 Å². The number of rotatable bonds is 4. The van der Waals surface area contributed by atoms with Crippen LogP contribution in [0.15, 0.2) is 6.20 Å². The lowest BCUT2D eigenvalue weighted by molar-refractivity contribution is -0.137. The molecule has 1 unspecified atom stereocenters. The highest BCUT2D eigenvalue weighted by atomic mass is 32.1. The molecule has 1 fully saturated rings. The number of hydrogen-bond donors (Lipinski definition) is 1. The number of aromatic nitrogens is 1. The third-order valence-corrected chi connectivity index (χ3v) is 3.95. The van der Waals surface area contributed by atoms with Gasteiger partial charge in [0, 0.05) is 24.7 Å². The van der Waals surface area contributed by atoms with E-state index in [1.165, 1.54) is 11.9 Å². The van der Waals surface area contributed by atoms with Crippen molar-refractivity contribution in [1.82, 2.24) is 15.2 Å². The van der Waals surface area contributed by atoms with Crippen LogP contribution in [0, 0.1) is 0 Å². The van der Waals surface area contributed by atoms with Gasteiger partial charge in [-0.05, 0) is 6.42 Å². The van der Waals surface area contributed by atoms with E-state index in [0.29, 0.717) is 6.54 Å². The topological polar surface area (TPSA) is 62.3 Å². The molecule has 0 aromatic carbocycles.